The van der Waals surface area contributed by atoms with Crippen LogP contribution in [0.1, 0.15) is 31.0 Å². The van der Waals surface area contributed by atoms with Gasteiger partial charge in [0.15, 0.2) is 0 Å². The molecule has 5 nitrogen and oxygen atoms in total. The number of likely N-dealkylation sites (tertiary alicyclic amines) is 1. The fourth-order valence-corrected chi connectivity index (χ4v) is 4.52. The number of amides is 1. The summed E-state index contributed by atoms with van der Waals surface area (Å²) in [5.41, 5.74) is 2.06. The summed E-state index contributed by atoms with van der Waals surface area (Å²) < 4.78 is 5.18. The molecule has 0 spiro atoms. The Morgan fingerprint density at radius 2 is 2.07 bits per heavy atom. The number of para-hydroxylation sites is 2. The average molecular weight is 396 g/mol. The van der Waals surface area contributed by atoms with Gasteiger partial charge >= 0.3 is 0 Å². The number of imidazole rings is 1. The van der Waals surface area contributed by atoms with Crippen LogP contribution in [0.25, 0.3) is 11.0 Å². The molecule has 28 heavy (non-hydrogen) atoms. The van der Waals surface area contributed by atoms with Crippen LogP contribution < -0.4 is 4.74 Å². The molecule has 4 rings (SSSR count). The van der Waals surface area contributed by atoms with Gasteiger partial charge in [-0.15, -0.1) is 11.8 Å². The van der Waals surface area contributed by atoms with Gasteiger partial charge < -0.3 is 14.6 Å². The molecule has 0 saturated carbocycles. The Hall–Kier alpha value is -2.47. The number of methoxy groups -OCH3 is 1. The van der Waals surface area contributed by atoms with Gasteiger partial charge in [0.05, 0.1) is 18.1 Å². The lowest BCUT2D eigenvalue weighted by atomic mass is 9.97. The van der Waals surface area contributed by atoms with E-state index in [0.717, 1.165) is 59.2 Å². The van der Waals surface area contributed by atoms with Crippen molar-refractivity contribution in [2.45, 2.75) is 30.1 Å². The van der Waals surface area contributed by atoms with Crippen LogP contribution in [0.5, 0.6) is 5.75 Å². The van der Waals surface area contributed by atoms with Crippen molar-refractivity contribution in [3.63, 3.8) is 0 Å². The summed E-state index contributed by atoms with van der Waals surface area (Å²) in [6.07, 6.45) is 2.66. The molecule has 1 amide bonds. The number of hydrogen-bond acceptors (Lipinski definition) is 4. The monoisotopic (exact) mass is 395 g/mol. The highest BCUT2D eigenvalue weighted by atomic mass is 32.2. The highest BCUT2D eigenvalue weighted by molar-refractivity contribution is 7.99. The summed E-state index contributed by atoms with van der Waals surface area (Å²) in [4.78, 5) is 24.0. The van der Waals surface area contributed by atoms with Crippen molar-refractivity contribution in [2.75, 3.05) is 26.0 Å². The Labute approximate surface area is 169 Å². The van der Waals surface area contributed by atoms with E-state index in [1.54, 1.807) is 18.9 Å². The number of aromatic amines is 1. The van der Waals surface area contributed by atoms with Crippen LogP contribution in [-0.4, -0.2) is 46.7 Å². The lowest BCUT2D eigenvalue weighted by Crippen LogP contribution is -2.39. The van der Waals surface area contributed by atoms with E-state index in [-0.39, 0.29) is 5.91 Å². The molecule has 0 bridgehead atoms. The molecule has 1 fully saturated rings. The zero-order chi connectivity index (χ0) is 19.3. The number of H-pyrrole nitrogens is 1. The fraction of sp³-hybridized carbons (Fsp3) is 0.364. The van der Waals surface area contributed by atoms with Crippen LogP contribution in [0.15, 0.2) is 53.4 Å². The third-order valence-corrected chi connectivity index (χ3v) is 6.23. The van der Waals surface area contributed by atoms with E-state index in [0.29, 0.717) is 12.3 Å². The Morgan fingerprint density at radius 1 is 1.25 bits per heavy atom. The molecule has 1 saturated heterocycles. The van der Waals surface area contributed by atoms with Crippen LogP contribution in [0.4, 0.5) is 0 Å². The molecular formula is C22H25N3O2S. The van der Waals surface area contributed by atoms with Crippen LogP contribution >= 0.6 is 11.8 Å². The first kappa shape index (κ1) is 18.9. The quantitative estimate of drug-likeness (QED) is 0.626. The van der Waals surface area contributed by atoms with Gasteiger partial charge in [0.1, 0.15) is 11.6 Å². The number of piperidine rings is 1. The maximum absolute atomic E-state index is 12.7. The van der Waals surface area contributed by atoms with Gasteiger partial charge in [0, 0.05) is 36.1 Å². The molecule has 0 radical (unpaired) electrons. The van der Waals surface area contributed by atoms with Crippen LogP contribution in [0, 0.1) is 0 Å². The summed E-state index contributed by atoms with van der Waals surface area (Å²) in [6.45, 7) is 1.61. The van der Waals surface area contributed by atoms with E-state index < -0.39 is 0 Å². The average Bonchev–Trinajstić information content (AvgIpc) is 3.19. The molecule has 0 unspecified atom stereocenters. The summed E-state index contributed by atoms with van der Waals surface area (Å²) in [7, 11) is 1.66. The molecule has 6 heteroatoms. The van der Waals surface area contributed by atoms with E-state index in [4.69, 9.17) is 9.72 Å². The standard InChI is InChI=1S/C22H25N3O2S/c1-27-17-8-10-18(11-9-17)28-14-12-21(26)25-13-4-5-16(15-25)22-23-19-6-2-3-7-20(19)24-22/h2-3,6-11,16H,4-5,12-15H2,1H3,(H,23,24)/t16-/m0/s1. The van der Waals surface area contributed by atoms with Crippen LogP contribution in [0.3, 0.4) is 0 Å². The number of ether oxygens (including phenoxy) is 1. The highest BCUT2D eigenvalue weighted by Gasteiger charge is 2.26. The van der Waals surface area contributed by atoms with Crippen LogP contribution in [-0.2, 0) is 4.79 Å². The molecule has 2 aromatic carbocycles. The number of aromatic nitrogens is 2. The van der Waals surface area contributed by atoms with Gasteiger partial charge in [0.2, 0.25) is 5.91 Å². The minimum Gasteiger partial charge on any atom is -0.497 e. The van der Waals surface area contributed by atoms with Crippen molar-refractivity contribution in [2.24, 2.45) is 0 Å². The maximum Gasteiger partial charge on any atom is 0.223 e. The minimum absolute atomic E-state index is 0.238. The van der Waals surface area contributed by atoms with Gasteiger partial charge in [-0.2, -0.15) is 0 Å². The number of rotatable bonds is 6. The van der Waals surface area contributed by atoms with E-state index in [1.165, 1.54) is 0 Å². The molecule has 0 aliphatic carbocycles. The van der Waals surface area contributed by atoms with E-state index in [1.807, 2.05) is 53.4 Å². The Balaban J connectivity index is 1.31. The SMILES string of the molecule is COc1ccc(SCCC(=O)N2CCC[C@H](c3nc4ccccc4[nH]3)C2)cc1. The molecule has 2 heterocycles. The largest absolute Gasteiger partial charge is 0.497 e. The Kier molecular flexibility index (Phi) is 5.86. The number of hydrogen-bond donors (Lipinski definition) is 1. The first-order chi connectivity index (χ1) is 13.7. The van der Waals surface area contributed by atoms with Gasteiger partial charge in [-0.05, 0) is 49.2 Å². The number of thioether (sulfide) groups is 1. The lowest BCUT2D eigenvalue weighted by molar-refractivity contribution is -0.131. The molecule has 1 aliphatic heterocycles. The number of benzene rings is 2. The Morgan fingerprint density at radius 3 is 2.86 bits per heavy atom. The number of carbonyl (C=O) groups is 1. The van der Waals surface area contributed by atoms with E-state index in [9.17, 15) is 4.79 Å². The second-order valence-corrected chi connectivity index (χ2v) is 8.26. The molecule has 1 aromatic heterocycles. The summed E-state index contributed by atoms with van der Waals surface area (Å²) in [5, 5.41) is 0. The fourth-order valence-electron chi connectivity index (χ4n) is 3.68. The summed E-state index contributed by atoms with van der Waals surface area (Å²) in [5.74, 6) is 3.18. The lowest BCUT2D eigenvalue weighted by Gasteiger charge is -2.32. The first-order valence-corrected chi connectivity index (χ1v) is 10.7. The first-order valence-electron chi connectivity index (χ1n) is 9.72. The predicted octanol–water partition coefficient (Wildman–Crippen LogP) is 4.46. The van der Waals surface area contributed by atoms with E-state index in [2.05, 4.69) is 4.98 Å². The van der Waals surface area contributed by atoms with Gasteiger partial charge in [-0.1, -0.05) is 12.1 Å². The van der Waals surface area contributed by atoms with Crippen LogP contribution in [0.2, 0.25) is 0 Å². The molecule has 1 N–H and O–H groups in total. The number of carbonyl (C=O) groups excluding carboxylic acids is 1. The maximum atomic E-state index is 12.7. The molecule has 1 atom stereocenters. The summed E-state index contributed by atoms with van der Waals surface area (Å²) >= 11 is 1.71. The van der Waals surface area contributed by atoms with Crippen molar-refractivity contribution >= 4 is 28.7 Å². The van der Waals surface area contributed by atoms with Gasteiger partial charge in [0.25, 0.3) is 0 Å². The molecule has 3 aromatic rings. The second-order valence-electron chi connectivity index (χ2n) is 7.09. The van der Waals surface area contributed by atoms with Crippen molar-refractivity contribution < 1.29 is 9.53 Å². The third kappa shape index (κ3) is 4.33. The zero-order valence-electron chi connectivity index (χ0n) is 16.1. The highest BCUT2D eigenvalue weighted by Crippen LogP contribution is 2.28. The van der Waals surface area contributed by atoms with Crippen molar-refractivity contribution in [3.8, 4) is 5.75 Å². The van der Waals surface area contributed by atoms with Crippen molar-refractivity contribution in [1.82, 2.24) is 14.9 Å². The second kappa shape index (κ2) is 8.69. The molecular weight excluding hydrogens is 370 g/mol. The van der Waals surface area contributed by atoms with Crippen molar-refractivity contribution in [1.29, 1.82) is 0 Å². The number of fused-ring (bicyclic) bond motifs is 1. The Bertz CT molecular complexity index is 905. The smallest absolute Gasteiger partial charge is 0.223 e. The topological polar surface area (TPSA) is 58.2 Å². The third-order valence-electron chi connectivity index (χ3n) is 5.21. The summed E-state index contributed by atoms with van der Waals surface area (Å²) in [6, 6.07) is 16.1. The van der Waals surface area contributed by atoms with Gasteiger partial charge in [-0.3, -0.25) is 4.79 Å². The number of nitrogens with one attached hydrogen (secondary N) is 1. The molecule has 1 aliphatic rings. The van der Waals surface area contributed by atoms with Gasteiger partial charge in [-0.25, -0.2) is 4.98 Å². The van der Waals surface area contributed by atoms with Crippen molar-refractivity contribution in [3.05, 3.63) is 54.4 Å². The normalized spacial score (nSPS) is 17.0. The molecule has 146 valence electrons. The van der Waals surface area contributed by atoms with E-state index >= 15 is 0 Å². The number of nitrogens with zero attached hydrogens (tertiary/aromatic N) is 2. The zero-order valence-corrected chi connectivity index (χ0v) is 16.9. The predicted molar refractivity (Wildman–Crippen MR) is 113 cm³/mol. The minimum atomic E-state index is 0.238.